The van der Waals surface area contributed by atoms with Crippen LogP contribution in [0.1, 0.15) is 23.2 Å². The van der Waals surface area contributed by atoms with Crippen LogP contribution in [0.3, 0.4) is 0 Å². The Balaban J connectivity index is 3.37. The molecular formula is C10H6BrF5N2O. The predicted octanol–water partition coefficient (Wildman–Crippen LogP) is 3.88. The number of hydrogen-bond acceptors (Lipinski definition) is 3. The van der Waals surface area contributed by atoms with Gasteiger partial charge in [-0.2, -0.15) is 5.26 Å². The molecule has 0 aromatic carbocycles. The van der Waals surface area contributed by atoms with Crippen molar-refractivity contribution < 1.29 is 26.7 Å². The molecule has 0 aliphatic carbocycles. The van der Waals surface area contributed by atoms with Crippen molar-refractivity contribution in [1.82, 2.24) is 4.98 Å². The number of hydrogen-bond donors (Lipinski definition) is 0. The zero-order valence-corrected chi connectivity index (χ0v) is 10.7. The summed E-state index contributed by atoms with van der Waals surface area (Å²) in [7, 11) is 0. The first-order valence-corrected chi connectivity index (χ1v) is 5.90. The van der Waals surface area contributed by atoms with Crippen molar-refractivity contribution in [2.24, 2.45) is 0 Å². The molecule has 3 nitrogen and oxygen atoms in total. The lowest BCUT2D eigenvalue weighted by Gasteiger charge is -2.15. The van der Waals surface area contributed by atoms with E-state index < -0.39 is 24.2 Å². The third kappa shape index (κ3) is 4.31. The second-order valence-electron chi connectivity index (χ2n) is 3.31. The summed E-state index contributed by atoms with van der Waals surface area (Å²) in [5.41, 5.74) is -1.11. The smallest absolute Gasteiger partial charge is 0.387 e. The second-order valence-corrected chi connectivity index (χ2v) is 3.87. The summed E-state index contributed by atoms with van der Waals surface area (Å²) in [5.74, 6) is -1.22. The van der Waals surface area contributed by atoms with E-state index in [1.807, 2.05) is 0 Å². The fourth-order valence-corrected chi connectivity index (χ4v) is 1.81. The van der Waals surface area contributed by atoms with E-state index in [1.165, 1.54) is 0 Å². The normalized spacial score (nSPS) is 11.5. The number of ether oxygens (including phenoxy) is 1. The fraction of sp³-hybridized carbons (Fsp3) is 0.400. The van der Waals surface area contributed by atoms with Crippen molar-refractivity contribution in [3.05, 3.63) is 22.9 Å². The van der Waals surface area contributed by atoms with Crippen molar-refractivity contribution >= 4 is 15.9 Å². The number of pyridine rings is 1. The number of rotatable bonds is 4. The number of alkyl halides is 6. The van der Waals surface area contributed by atoms with E-state index in [9.17, 15) is 22.0 Å². The van der Waals surface area contributed by atoms with Crippen LogP contribution in [0.2, 0.25) is 0 Å². The maximum Gasteiger partial charge on any atom is 0.574 e. The zero-order chi connectivity index (χ0) is 14.6. The summed E-state index contributed by atoms with van der Waals surface area (Å²) in [6.45, 7) is 0. The number of aromatic nitrogens is 1. The summed E-state index contributed by atoms with van der Waals surface area (Å²) in [5, 5.41) is 8.36. The third-order valence-electron chi connectivity index (χ3n) is 2.00. The standard InChI is InChI=1S/C10H6BrF5N2O/c11-4-5-3-6(1-2-17)18-9(7(5)8(12)13)19-10(14,15)16/h3,8H,1,4H2. The summed E-state index contributed by atoms with van der Waals surface area (Å²) < 4.78 is 65.6. The van der Waals surface area contributed by atoms with Gasteiger partial charge in [0.2, 0.25) is 5.88 Å². The van der Waals surface area contributed by atoms with Gasteiger partial charge in [0.25, 0.3) is 6.43 Å². The van der Waals surface area contributed by atoms with Crippen LogP contribution in [0.4, 0.5) is 22.0 Å². The lowest BCUT2D eigenvalue weighted by molar-refractivity contribution is -0.276. The average Bonchev–Trinajstić information content (AvgIpc) is 2.25. The van der Waals surface area contributed by atoms with Crippen LogP contribution in [-0.2, 0) is 11.8 Å². The highest BCUT2D eigenvalue weighted by molar-refractivity contribution is 9.08. The van der Waals surface area contributed by atoms with Crippen molar-refractivity contribution in [2.45, 2.75) is 24.5 Å². The lowest BCUT2D eigenvalue weighted by Crippen LogP contribution is -2.20. The van der Waals surface area contributed by atoms with Crippen LogP contribution in [0, 0.1) is 11.3 Å². The fourth-order valence-electron chi connectivity index (χ4n) is 1.34. The first-order chi connectivity index (χ1) is 8.78. The molecule has 0 aliphatic rings. The lowest BCUT2D eigenvalue weighted by atomic mass is 10.1. The third-order valence-corrected chi connectivity index (χ3v) is 2.60. The quantitative estimate of drug-likeness (QED) is 0.615. The molecule has 1 aromatic heterocycles. The molecule has 9 heteroatoms. The first kappa shape index (κ1) is 15.6. The molecule has 0 saturated heterocycles. The van der Waals surface area contributed by atoms with Gasteiger partial charge in [0.05, 0.1) is 23.7 Å². The summed E-state index contributed by atoms with van der Waals surface area (Å²) >= 11 is 2.89. The Kier molecular flexibility index (Phi) is 5.05. The minimum atomic E-state index is -5.13. The number of halogens is 6. The Morgan fingerprint density at radius 2 is 2.05 bits per heavy atom. The molecule has 1 rings (SSSR count). The molecule has 0 unspecified atom stereocenters. The monoisotopic (exact) mass is 344 g/mol. The van der Waals surface area contributed by atoms with Crippen LogP contribution in [0.5, 0.6) is 5.88 Å². The van der Waals surface area contributed by atoms with Crippen LogP contribution in [0.25, 0.3) is 0 Å². The Morgan fingerprint density at radius 3 is 2.47 bits per heavy atom. The van der Waals surface area contributed by atoms with Gasteiger partial charge in [-0.1, -0.05) is 15.9 Å². The molecule has 104 valence electrons. The Bertz CT molecular complexity index is 498. The van der Waals surface area contributed by atoms with Crippen LogP contribution >= 0.6 is 15.9 Å². The molecule has 19 heavy (non-hydrogen) atoms. The molecule has 0 radical (unpaired) electrons. The molecule has 0 bridgehead atoms. The van der Waals surface area contributed by atoms with Crippen molar-refractivity contribution in [2.75, 3.05) is 0 Å². The minimum absolute atomic E-state index is 0.0689. The van der Waals surface area contributed by atoms with Gasteiger partial charge in [0.15, 0.2) is 0 Å². The Hall–Kier alpha value is -1.43. The Labute approximate surface area is 113 Å². The van der Waals surface area contributed by atoms with E-state index in [1.54, 1.807) is 6.07 Å². The van der Waals surface area contributed by atoms with Gasteiger partial charge in [-0.25, -0.2) is 13.8 Å². The SMILES string of the molecule is N#CCc1cc(CBr)c(C(F)F)c(OC(F)(F)F)n1. The van der Waals surface area contributed by atoms with E-state index in [2.05, 4.69) is 25.7 Å². The van der Waals surface area contributed by atoms with Gasteiger partial charge >= 0.3 is 6.36 Å². The van der Waals surface area contributed by atoms with Gasteiger partial charge in [-0.05, 0) is 11.6 Å². The summed E-state index contributed by atoms with van der Waals surface area (Å²) in [6.07, 6.45) is -8.61. The second kappa shape index (κ2) is 6.14. The molecular weight excluding hydrogens is 339 g/mol. The van der Waals surface area contributed by atoms with Crippen molar-refractivity contribution in [3.8, 4) is 11.9 Å². The Morgan fingerprint density at radius 1 is 1.42 bits per heavy atom. The molecule has 0 spiro atoms. The molecule has 0 saturated carbocycles. The van der Waals surface area contributed by atoms with Gasteiger partial charge in [-0.15, -0.1) is 13.2 Å². The highest BCUT2D eigenvalue weighted by Crippen LogP contribution is 2.35. The first-order valence-electron chi connectivity index (χ1n) is 4.78. The summed E-state index contributed by atoms with van der Waals surface area (Å²) in [4.78, 5) is 3.31. The molecule has 0 amide bonds. The largest absolute Gasteiger partial charge is 0.574 e. The topological polar surface area (TPSA) is 45.9 Å². The van der Waals surface area contributed by atoms with Gasteiger partial charge in [0.1, 0.15) is 0 Å². The van der Waals surface area contributed by atoms with Crippen molar-refractivity contribution in [1.29, 1.82) is 5.26 Å². The maximum atomic E-state index is 12.8. The average molecular weight is 345 g/mol. The van der Waals surface area contributed by atoms with Crippen LogP contribution < -0.4 is 4.74 Å². The van der Waals surface area contributed by atoms with E-state index in [-0.39, 0.29) is 23.0 Å². The molecule has 1 aromatic rings. The zero-order valence-electron chi connectivity index (χ0n) is 9.14. The number of nitriles is 1. The minimum Gasteiger partial charge on any atom is -0.387 e. The molecule has 0 fully saturated rings. The molecule has 1 heterocycles. The van der Waals surface area contributed by atoms with Gasteiger partial charge < -0.3 is 4.74 Å². The molecule has 0 aliphatic heterocycles. The van der Waals surface area contributed by atoms with Crippen LogP contribution in [-0.4, -0.2) is 11.3 Å². The van der Waals surface area contributed by atoms with E-state index in [0.29, 0.717) is 0 Å². The van der Waals surface area contributed by atoms with Gasteiger partial charge in [0, 0.05) is 5.33 Å². The molecule has 0 N–H and O–H groups in total. The van der Waals surface area contributed by atoms with Gasteiger partial charge in [-0.3, -0.25) is 0 Å². The summed E-state index contributed by atoms with van der Waals surface area (Å²) in [6, 6.07) is 2.81. The highest BCUT2D eigenvalue weighted by Gasteiger charge is 2.35. The number of nitrogens with zero attached hydrogens (tertiary/aromatic N) is 2. The highest BCUT2D eigenvalue weighted by atomic mass is 79.9. The predicted molar refractivity (Wildman–Crippen MR) is 57.8 cm³/mol. The maximum absolute atomic E-state index is 12.8. The van der Waals surface area contributed by atoms with E-state index in [4.69, 9.17) is 5.26 Å². The van der Waals surface area contributed by atoms with Crippen LogP contribution in [0.15, 0.2) is 6.07 Å². The van der Waals surface area contributed by atoms with E-state index in [0.717, 1.165) is 6.07 Å². The molecule has 0 atom stereocenters. The van der Waals surface area contributed by atoms with Crippen molar-refractivity contribution in [3.63, 3.8) is 0 Å². The van der Waals surface area contributed by atoms with E-state index >= 15 is 0 Å².